The molecule has 5 heteroatoms. The normalized spacial score (nSPS) is 15.5. The van der Waals surface area contributed by atoms with E-state index in [2.05, 4.69) is 41.6 Å². The Hall–Kier alpha value is -1.36. The molecule has 1 amide bonds. The lowest BCUT2D eigenvalue weighted by Crippen LogP contribution is -2.34. The van der Waals surface area contributed by atoms with E-state index in [9.17, 15) is 4.79 Å². The van der Waals surface area contributed by atoms with Gasteiger partial charge < -0.3 is 10.6 Å². The van der Waals surface area contributed by atoms with Crippen molar-refractivity contribution in [3.63, 3.8) is 0 Å². The predicted molar refractivity (Wildman–Crippen MR) is 65.8 cm³/mol. The van der Waals surface area contributed by atoms with E-state index in [0.29, 0.717) is 12.2 Å². The minimum absolute atomic E-state index is 0.0823. The number of fused-ring (bicyclic) bond motifs is 1. The molecule has 1 aliphatic rings. The van der Waals surface area contributed by atoms with Crippen LogP contribution in [-0.2, 0) is 13.0 Å². The number of H-pyrrole nitrogens is 1. The number of rotatable bonds is 2. The van der Waals surface area contributed by atoms with Crippen LogP contribution in [0.1, 0.15) is 42.5 Å². The fourth-order valence-corrected chi connectivity index (χ4v) is 1.84. The summed E-state index contributed by atoms with van der Waals surface area (Å²) in [4.78, 5) is 12.0. The SMILES string of the molecule is CC(C)(C)CNC(=O)c1n[nH]c2c1CNCC2. The van der Waals surface area contributed by atoms with Gasteiger partial charge in [0, 0.05) is 37.3 Å². The highest BCUT2D eigenvalue weighted by Crippen LogP contribution is 2.16. The van der Waals surface area contributed by atoms with Gasteiger partial charge in [-0.2, -0.15) is 5.10 Å². The highest BCUT2D eigenvalue weighted by atomic mass is 16.1. The smallest absolute Gasteiger partial charge is 0.272 e. The van der Waals surface area contributed by atoms with E-state index in [-0.39, 0.29) is 11.3 Å². The molecule has 0 fully saturated rings. The topological polar surface area (TPSA) is 69.8 Å². The van der Waals surface area contributed by atoms with E-state index in [1.807, 2.05) is 0 Å². The van der Waals surface area contributed by atoms with Crippen LogP contribution in [0, 0.1) is 5.41 Å². The van der Waals surface area contributed by atoms with Crippen molar-refractivity contribution < 1.29 is 4.79 Å². The maximum atomic E-state index is 12.0. The van der Waals surface area contributed by atoms with E-state index in [1.54, 1.807) is 0 Å². The summed E-state index contributed by atoms with van der Waals surface area (Å²) in [5.74, 6) is -0.0823. The zero-order valence-corrected chi connectivity index (χ0v) is 10.7. The summed E-state index contributed by atoms with van der Waals surface area (Å²) in [7, 11) is 0. The van der Waals surface area contributed by atoms with Gasteiger partial charge >= 0.3 is 0 Å². The molecular weight excluding hydrogens is 216 g/mol. The lowest BCUT2D eigenvalue weighted by atomic mass is 9.97. The average molecular weight is 236 g/mol. The summed E-state index contributed by atoms with van der Waals surface area (Å²) in [5.41, 5.74) is 2.73. The molecule has 0 atom stereocenters. The fraction of sp³-hybridized carbons (Fsp3) is 0.667. The van der Waals surface area contributed by atoms with E-state index >= 15 is 0 Å². The van der Waals surface area contributed by atoms with Crippen molar-refractivity contribution in [1.29, 1.82) is 0 Å². The molecule has 17 heavy (non-hydrogen) atoms. The van der Waals surface area contributed by atoms with Crippen molar-refractivity contribution >= 4 is 5.91 Å². The molecule has 94 valence electrons. The van der Waals surface area contributed by atoms with E-state index in [4.69, 9.17) is 0 Å². The Morgan fingerprint density at radius 3 is 2.94 bits per heavy atom. The van der Waals surface area contributed by atoms with Gasteiger partial charge in [0.2, 0.25) is 0 Å². The fourth-order valence-electron chi connectivity index (χ4n) is 1.84. The number of carbonyl (C=O) groups excluding carboxylic acids is 1. The van der Waals surface area contributed by atoms with Gasteiger partial charge in [0.1, 0.15) is 0 Å². The molecule has 0 aromatic carbocycles. The van der Waals surface area contributed by atoms with Crippen LogP contribution in [0.3, 0.4) is 0 Å². The lowest BCUT2D eigenvalue weighted by Gasteiger charge is -2.19. The highest BCUT2D eigenvalue weighted by Gasteiger charge is 2.22. The Labute approximate surface area is 101 Å². The van der Waals surface area contributed by atoms with Crippen LogP contribution in [0.15, 0.2) is 0 Å². The summed E-state index contributed by atoms with van der Waals surface area (Å²) >= 11 is 0. The van der Waals surface area contributed by atoms with E-state index in [0.717, 1.165) is 30.8 Å². The van der Waals surface area contributed by atoms with Crippen LogP contribution < -0.4 is 10.6 Å². The second kappa shape index (κ2) is 4.49. The molecule has 0 bridgehead atoms. The van der Waals surface area contributed by atoms with Gasteiger partial charge in [-0.1, -0.05) is 20.8 Å². The Bertz CT molecular complexity index is 417. The number of aromatic amines is 1. The van der Waals surface area contributed by atoms with Crippen molar-refractivity contribution in [3.8, 4) is 0 Å². The monoisotopic (exact) mass is 236 g/mol. The minimum atomic E-state index is -0.0823. The number of hydrogen-bond donors (Lipinski definition) is 3. The molecule has 1 aromatic rings. The molecule has 0 aliphatic carbocycles. The number of nitrogens with one attached hydrogen (secondary N) is 3. The highest BCUT2D eigenvalue weighted by molar-refractivity contribution is 5.94. The van der Waals surface area contributed by atoms with Gasteiger partial charge in [-0.25, -0.2) is 0 Å². The van der Waals surface area contributed by atoms with Crippen molar-refractivity contribution in [2.75, 3.05) is 13.1 Å². The first-order chi connectivity index (χ1) is 7.97. The third-order valence-corrected chi connectivity index (χ3v) is 2.80. The Morgan fingerprint density at radius 1 is 1.47 bits per heavy atom. The standard InChI is InChI=1S/C12H20N4O/c1-12(2,3)7-14-11(17)10-8-6-13-5-4-9(8)15-16-10/h13H,4-7H2,1-3H3,(H,14,17)(H,15,16). The number of aromatic nitrogens is 2. The van der Waals surface area contributed by atoms with Crippen LogP contribution in [-0.4, -0.2) is 29.2 Å². The van der Waals surface area contributed by atoms with Gasteiger partial charge in [-0.15, -0.1) is 0 Å². The van der Waals surface area contributed by atoms with Crippen molar-refractivity contribution in [2.24, 2.45) is 5.41 Å². The van der Waals surface area contributed by atoms with E-state index < -0.39 is 0 Å². The zero-order valence-electron chi connectivity index (χ0n) is 10.7. The van der Waals surface area contributed by atoms with Gasteiger partial charge in [-0.05, 0) is 5.41 Å². The first-order valence-corrected chi connectivity index (χ1v) is 6.02. The molecule has 3 N–H and O–H groups in total. The molecule has 0 unspecified atom stereocenters. The van der Waals surface area contributed by atoms with Gasteiger partial charge in [-0.3, -0.25) is 9.89 Å². The molecule has 1 aliphatic heterocycles. The molecular formula is C12H20N4O. The van der Waals surface area contributed by atoms with Crippen LogP contribution in [0.5, 0.6) is 0 Å². The molecule has 0 radical (unpaired) electrons. The summed E-state index contributed by atoms with van der Waals surface area (Å²) in [5, 5.41) is 13.3. The second-order valence-corrected chi connectivity index (χ2v) is 5.70. The Kier molecular flexibility index (Phi) is 3.19. The van der Waals surface area contributed by atoms with Gasteiger partial charge in [0.05, 0.1) is 0 Å². The maximum absolute atomic E-state index is 12.0. The number of nitrogens with zero attached hydrogens (tertiary/aromatic N) is 1. The van der Waals surface area contributed by atoms with Crippen molar-refractivity contribution in [1.82, 2.24) is 20.8 Å². The summed E-state index contributed by atoms with van der Waals surface area (Å²) < 4.78 is 0. The van der Waals surface area contributed by atoms with Crippen LogP contribution in [0.25, 0.3) is 0 Å². The van der Waals surface area contributed by atoms with Gasteiger partial charge in [0.25, 0.3) is 5.91 Å². The van der Waals surface area contributed by atoms with E-state index in [1.165, 1.54) is 0 Å². The molecule has 0 saturated carbocycles. The minimum Gasteiger partial charge on any atom is -0.350 e. The molecule has 2 rings (SSSR count). The quantitative estimate of drug-likeness (QED) is 0.712. The molecule has 0 spiro atoms. The summed E-state index contributed by atoms with van der Waals surface area (Å²) in [6.07, 6.45) is 0.912. The number of hydrogen-bond acceptors (Lipinski definition) is 3. The average Bonchev–Trinajstić information content (AvgIpc) is 2.68. The van der Waals surface area contributed by atoms with Crippen molar-refractivity contribution in [2.45, 2.75) is 33.7 Å². The summed E-state index contributed by atoms with van der Waals surface area (Å²) in [6, 6.07) is 0. The largest absolute Gasteiger partial charge is 0.350 e. The summed E-state index contributed by atoms with van der Waals surface area (Å²) in [6.45, 7) is 8.60. The second-order valence-electron chi connectivity index (χ2n) is 5.70. The number of amides is 1. The Morgan fingerprint density at radius 2 is 2.24 bits per heavy atom. The molecule has 0 saturated heterocycles. The molecule has 2 heterocycles. The third kappa shape index (κ3) is 2.85. The first kappa shape index (κ1) is 12.1. The Balaban J connectivity index is 2.07. The predicted octanol–water partition coefficient (Wildman–Crippen LogP) is 0.831. The van der Waals surface area contributed by atoms with Crippen molar-refractivity contribution in [3.05, 3.63) is 17.0 Å². The van der Waals surface area contributed by atoms with Crippen LogP contribution in [0.4, 0.5) is 0 Å². The zero-order chi connectivity index (χ0) is 12.5. The van der Waals surface area contributed by atoms with Crippen LogP contribution >= 0.6 is 0 Å². The third-order valence-electron chi connectivity index (χ3n) is 2.80. The van der Waals surface area contributed by atoms with Crippen LogP contribution in [0.2, 0.25) is 0 Å². The molecule has 1 aromatic heterocycles. The lowest BCUT2D eigenvalue weighted by molar-refractivity contribution is 0.0933. The number of carbonyl (C=O) groups is 1. The van der Waals surface area contributed by atoms with Gasteiger partial charge in [0.15, 0.2) is 5.69 Å². The maximum Gasteiger partial charge on any atom is 0.272 e. The molecule has 5 nitrogen and oxygen atoms in total. The first-order valence-electron chi connectivity index (χ1n) is 6.02.